The van der Waals surface area contributed by atoms with Crippen LogP contribution in [0.4, 0.5) is 14.7 Å². The molecule has 0 radical (unpaired) electrons. The van der Waals surface area contributed by atoms with Crippen LogP contribution in [-0.2, 0) is 22.6 Å². The molecule has 2 atom stereocenters. The van der Waals surface area contributed by atoms with Gasteiger partial charge in [-0.2, -0.15) is 5.01 Å². The molecule has 1 aromatic heterocycles. The zero-order valence-electron chi connectivity index (χ0n) is 28.1. The smallest absolute Gasteiger partial charge is 0.410 e. The molecule has 0 unspecified atom stereocenters. The number of nitrogens with zero attached hydrogens (tertiary/aromatic N) is 6. The molecule has 0 aliphatic carbocycles. The third-order valence-corrected chi connectivity index (χ3v) is 9.28. The molecule has 3 heterocycles. The second-order valence-electron chi connectivity index (χ2n) is 12.2. The lowest BCUT2D eigenvalue weighted by atomic mass is 9.99. The minimum Gasteiger partial charge on any atom is -0.410 e. The van der Waals surface area contributed by atoms with E-state index in [1.54, 1.807) is 39.1 Å². The van der Waals surface area contributed by atoms with E-state index >= 15 is 0 Å². The van der Waals surface area contributed by atoms with Crippen LogP contribution in [0.3, 0.4) is 0 Å². The zero-order valence-corrected chi connectivity index (χ0v) is 28.9. The van der Waals surface area contributed by atoms with Crippen LogP contribution >= 0.6 is 11.3 Å². The van der Waals surface area contributed by atoms with Gasteiger partial charge in [-0.1, -0.05) is 54.9 Å². The molecule has 15 heteroatoms. The largest absolute Gasteiger partial charge is 0.412 e. The Labute approximate surface area is 290 Å². The van der Waals surface area contributed by atoms with E-state index in [1.165, 1.54) is 16.3 Å². The Kier molecular flexibility index (Phi) is 11.6. The van der Waals surface area contributed by atoms with Gasteiger partial charge in [-0.05, 0) is 49.8 Å². The monoisotopic (exact) mass is 689 g/mol. The molecule has 5 amide bonds. The van der Waals surface area contributed by atoms with Gasteiger partial charge < -0.3 is 35.8 Å². The second-order valence-corrected chi connectivity index (χ2v) is 13.3. The number of nitrogens with one attached hydrogen (secondary N) is 2. The number of hydrogen-bond acceptors (Lipinski definition) is 10. The maximum atomic E-state index is 14.3. The molecule has 3 aromatic rings. The van der Waals surface area contributed by atoms with Gasteiger partial charge in [0, 0.05) is 32.6 Å². The Morgan fingerprint density at radius 1 is 1.14 bits per heavy atom. The van der Waals surface area contributed by atoms with Crippen molar-refractivity contribution in [3.05, 3.63) is 53.6 Å². The van der Waals surface area contributed by atoms with Crippen molar-refractivity contribution in [2.24, 2.45) is 0 Å². The average Bonchev–Trinajstić information content (AvgIpc) is 3.61. The van der Waals surface area contributed by atoms with E-state index in [0.717, 1.165) is 34.2 Å². The van der Waals surface area contributed by atoms with Crippen molar-refractivity contribution < 1.29 is 23.9 Å². The lowest BCUT2D eigenvalue weighted by Crippen LogP contribution is -2.66. The predicted molar refractivity (Wildman–Crippen MR) is 187 cm³/mol. The maximum absolute atomic E-state index is 14.3. The number of ether oxygens (including phenoxy) is 1. The molecule has 2 aromatic carbocycles. The number of likely N-dealkylation sites (N-methyl/N-ethyl adjacent to an activating group) is 1. The highest BCUT2D eigenvalue weighted by molar-refractivity contribution is 7.22. The normalized spacial score (nSPS) is 17.7. The lowest BCUT2D eigenvalue weighted by molar-refractivity contribution is -0.157. The number of amides is 5. The van der Waals surface area contributed by atoms with Crippen LogP contribution in [0.1, 0.15) is 30.9 Å². The minimum absolute atomic E-state index is 0.0458. The zero-order chi connectivity index (χ0) is 35.1. The van der Waals surface area contributed by atoms with Crippen LogP contribution in [0.2, 0.25) is 0 Å². The number of rotatable bonds is 13. The van der Waals surface area contributed by atoms with Crippen molar-refractivity contribution in [2.45, 2.75) is 44.9 Å². The first-order valence-corrected chi connectivity index (χ1v) is 17.1. The highest BCUT2D eigenvalue weighted by atomic mass is 32.1. The molecule has 2 fully saturated rings. The van der Waals surface area contributed by atoms with Crippen LogP contribution in [0.5, 0.6) is 5.75 Å². The number of thiazole rings is 1. The van der Waals surface area contributed by atoms with E-state index in [1.807, 2.05) is 44.1 Å². The summed E-state index contributed by atoms with van der Waals surface area (Å²) >= 11 is 1.37. The molecular weight excluding hydrogens is 646 g/mol. The third kappa shape index (κ3) is 8.40. The molecule has 4 N–H and O–H groups in total. The van der Waals surface area contributed by atoms with Gasteiger partial charge in [-0.25, -0.2) is 19.6 Å². The molecule has 2 aliphatic heterocycles. The van der Waals surface area contributed by atoms with Crippen LogP contribution in [0, 0.1) is 12.3 Å². The van der Waals surface area contributed by atoms with Gasteiger partial charge in [-0.15, -0.1) is 6.42 Å². The Bertz CT molecular complexity index is 1710. The van der Waals surface area contributed by atoms with E-state index in [9.17, 15) is 19.2 Å². The van der Waals surface area contributed by atoms with Gasteiger partial charge in [0.2, 0.25) is 11.8 Å². The lowest BCUT2D eigenvalue weighted by Gasteiger charge is -2.46. The molecule has 14 nitrogen and oxygen atoms in total. The van der Waals surface area contributed by atoms with Gasteiger partial charge in [0.25, 0.3) is 0 Å². The molecular formula is C34H43N9O5S. The summed E-state index contributed by atoms with van der Waals surface area (Å²) in [6, 6.07) is 11.3. The van der Waals surface area contributed by atoms with Crippen molar-refractivity contribution in [1.82, 2.24) is 40.3 Å². The summed E-state index contributed by atoms with van der Waals surface area (Å²) < 4.78 is 6.31. The van der Waals surface area contributed by atoms with Gasteiger partial charge in [0.05, 0.1) is 29.9 Å². The molecule has 2 saturated heterocycles. The van der Waals surface area contributed by atoms with Gasteiger partial charge >= 0.3 is 12.1 Å². The number of hydrogen-bond donors (Lipinski definition) is 3. The van der Waals surface area contributed by atoms with E-state index < -0.39 is 24.3 Å². The van der Waals surface area contributed by atoms with Crippen LogP contribution in [0.25, 0.3) is 10.2 Å². The highest BCUT2D eigenvalue weighted by Gasteiger charge is 2.52. The van der Waals surface area contributed by atoms with Crippen LogP contribution in [-0.4, -0.2) is 119 Å². The molecule has 2 aliphatic rings. The average molecular weight is 690 g/mol. The Morgan fingerprint density at radius 2 is 1.92 bits per heavy atom. The fraction of sp³-hybridized carbons (Fsp3) is 0.441. The number of aromatic nitrogens is 1. The number of nitrogen functional groups attached to an aromatic ring is 1. The number of hydrazine groups is 1. The van der Waals surface area contributed by atoms with Crippen molar-refractivity contribution in [3.8, 4) is 18.1 Å². The van der Waals surface area contributed by atoms with E-state index in [0.29, 0.717) is 30.5 Å². The second kappa shape index (κ2) is 16.0. The number of para-hydroxylation sites is 1. The molecule has 0 saturated carbocycles. The number of urea groups is 1. The fourth-order valence-corrected chi connectivity index (χ4v) is 6.80. The summed E-state index contributed by atoms with van der Waals surface area (Å²) in [5, 5.41) is 9.10. The Balaban J connectivity index is 1.41. The molecule has 260 valence electrons. The summed E-state index contributed by atoms with van der Waals surface area (Å²) in [6.45, 7) is 3.83. The summed E-state index contributed by atoms with van der Waals surface area (Å²) in [6.07, 6.45) is 6.38. The summed E-state index contributed by atoms with van der Waals surface area (Å²) in [4.78, 5) is 63.3. The summed E-state index contributed by atoms with van der Waals surface area (Å²) in [5.41, 5.74) is 8.33. The van der Waals surface area contributed by atoms with E-state index in [4.69, 9.17) is 16.9 Å². The Hall–Kier alpha value is -4.91. The number of unbranched alkanes of at least 4 members (excludes halogenated alkanes) is 1. The summed E-state index contributed by atoms with van der Waals surface area (Å²) in [7, 11) is 3.82. The van der Waals surface area contributed by atoms with Crippen LogP contribution < -0.4 is 21.1 Å². The number of carbonyl (C=O) groups excluding carboxylic acids is 4. The Morgan fingerprint density at radius 3 is 2.63 bits per heavy atom. The van der Waals surface area contributed by atoms with Gasteiger partial charge in [-0.3, -0.25) is 9.59 Å². The predicted octanol–water partition coefficient (Wildman–Crippen LogP) is 2.31. The molecule has 5 rings (SSSR count). The topological polar surface area (TPSA) is 157 Å². The number of anilines is 1. The highest BCUT2D eigenvalue weighted by Crippen LogP contribution is 2.32. The van der Waals surface area contributed by atoms with Crippen molar-refractivity contribution in [2.75, 3.05) is 59.1 Å². The molecule has 0 bridgehead atoms. The standard InChI is InChI=1S/C34H43N9O5S/c1-5-7-15-36-33(46)41(17-6-2)42-22-29(44)43-26(19-23-11-13-25(14-12-23)48-34(47)37-16-18-39(3)4)31(45)40(21-28(42)43)20-24-9-8-10-27-30(24)38-32(35)49-27/h2,8-14,26,28H,5,7,15-22H2,1,3-4H3,(H2,35,38)(H,36,46)(H,37,47)/t26-,28+/m0/s1. The summed E-state index contributed by atoms with van der Waals surface area (Å²) in [5.74, 6) is 2.38. The first-order chi connectivity index (χ1) is 23.6. The van der Waals surface area contributed by atoms with E-state index in [2.05, 4.69) is 21.5 Å². The third-order valence-electron chi connectivity index (χ3n) is 8.43. The molecule has 49 heavy (non-hydrogen) atoms. The molecule has 0 spiro atoms. The first kappa shape index (κ1) is 35.4. The number of terminal acetylenes is 1. The maximum Gasteiger partial charge on any atom is 0.412 e. The number of carbonyl (C=O) groups is 4. The number of fused-ring (bicyclic) bond motifs is 2. The van der Waals surface area contributed by atoms with Crippen molar-refractivity contribution in [1.29, 1.82) is 0 Å². The first-order valence-electron chi connectivity index (χ1n) is 16.3. The van der Waals surface area contributed by atoms with Gasteiger partial charge in [0.1, 0.15) is 18.0 Å². The van der Waals surface area contributed by atoms with Crippen LogP contribution in [0.15, 0.2) is 42.5 Å². The SMILES string of the molecule is C#CCN(C(=O)NCCCC)N1CC(=O)N2[C@@H](Cc3ccc(OC(=O)NCCN(C)C)cc3)C(=O)N(Cc3cccc4sc(N)nc34)C[C@@H]21. The number of nitrogens with two attached hydrogens (primary N) is 1. The van der Waals surface area contributed by atoms with Crippen molar-refractivity contribution >= 4 is 50.6 Å². The van der Waals surface area contributed by atoms with Gasteiger partial charge in [0.15, 0.2) is 5.13 Å². The number of benzene rings is 2. The number of piperazine rings is 1. The van der Waals surface area contributed by atoms with E-state index in [-0.39, 0.29) is 44.4 Å². The quantitative estimate of drug-likeness (QED) is 0.181. The fourth-order valence-electron chi connectivity index (χ4n) is 6.02. The minimum atomic E-state index is -0.868. The van der Waals surface area contributed by atoms with Crippen molar-refractivity contribution in [3.63, 3.8) is 0 Å².